The van der Waals surface area contributed by atoms with Crippen molar-refractivity contribution in [1.82, 2.24) is 0 Å². The van der Waals surface area contributed by atoms with Crippen molar-refractivity contribution in [2.75, 3.05) is 0 Å². The maximum absolute atomic E-state index is 3.44. The lowest BCUT2D eigenvalue weighted by Gasteiger charge is -2.01. The third-order valence-electron chi connectivity index (χ3n) is 1.14. The molecule has 1 aromatic rings. The standard InChI is InChI=1S/C7H5Br2Si/c8-7(9)5-2-1-3-6(10)4-5/h1-4,7H. The molecule has 10 heavy (non-hydrogen) atoms. The Kier molecular flexibility index (Phi) is 3.14. The van der Waals surface area contributed by atoms with Crippen LogP contribution in [0.3, 0.4) is 0 Å². The summed E-state index contributed by atoms with van der Waals surface area (Å²) in [6, 6.07) is 8.12. The van der Waals surface area contributed by atoms with Crippen LogP contribution in [0.4, 0.5) is 0 Å². The monoisotopic (exact) mass is 275 g/mol. The number of hydrogen-bond acceptors (Lipinski definition) is 0. The molecular formula is C7H5Br2Si. The molecule has 0 aliphatic heterocycles. The van der Waals surface area contributed by atoms with Gasteiger partial charge in [-0.3, -0.25) is 0 Å². The summed E-state index contributed by atoms with van der Waals surface area (Å²) in [4.78, 5) is 0. The average molecular weight is 277 g/mol. The van der Waals surface area contributed by atoms with Gasteiger partial charge in [0, 0.05) is 0 Å². The quantitative estimate of drug-likeness (QED) is 0.545. The van der Waals surface area contributed by atoms with Gasteiger partial charge >= 0.3 is 0 Å². The highest BCUT2D eigenvalue weighted by atomic mass is 79.9. The van der Waals surface area contributed by atoms with Crippen molar-refractivity contribution in [3.8, 4) is 0 Å². The van der Waals surface area contributed by atoms with Gasteiger partial charge in [-0.15, -0.1) is 0 Å². The lowest BCUT2D eigenvalue weighted by molar-refractivity contribution is 1.44. The van der Waals surface area contributed by atoms with E-state index in [0.29, 0.717) is 0 Å². The molecule has 51 valence electrons. The molecule has 3 heteroatoms. The summed E-state index contributed by atoms with van der Waals surface area (Å²) in [5, 5.41) is 1.10. The van der Waals surface area contributed by atoms with Gasteiger partial charge in [-0.05, 0) is 5.56 Å². The lowest BCUT2D eigenvalue weighted by atomic mass is 10.2. The summed E-state index contributed by atoms with van der Waals surface area (Å²) >= 11 is 6.82. The minimum atomic E-state index is 0.247. The molecule has 0 N–H and O–H groups in total. The molecule has 0 bridgehead atoms. The van der Waals surface area contributed by atoms with Gasteiger partial charge < -0.3 is 0 Å². The SMILES string of the molecule is [Si]c1cccc(C(Br)Br)c1. The molecule has 0 unspecified atom stereocenters. The molecule has 0 atom stereocenters. The van der Waals surface area contributed by atoms with Crippen LogP contribution in [-0.4, -0.2) is 10.2 Å². The van der Waals surface area contributed by atoms with E-state index in [0.717, 1.165) is 5.19 Å². The first-order chi connectivity index (χ1) is 4.70. The van der Waals surface area contributed by atoms with Crippen molar-refractivity contribution in [2.45, 2.75) is 3.74 Å². The Morgan fingerprint density at radius 2 is 2.00 bits per heavy atom. The molecule has 0 saturated heterocycles. The van der Waals surface area contributed by atoms with Crippen molar-refractivity contribution in [1.29, 1.82) is 0 Å². The van der Waals surface area contributed by atoms with Crippen LogP contribution in [-0.2, 0) is 0 Å². The second-order valence-electron chi connectivity index (χ2n) is 1.93. The highest BCUT2D eigenvalue weighted by Crippen LogP contribution is 2.27. The number of rotatable bonds is 1. The zero-order chi connectivity index (χ0) is 7.56. The molecule has 1 rings (SSSR count). The van der Waals surface area contributed by atoms with Gasteiger partial charge in [-0.1, -0.05) is 61.3 Å². The van der Waals surface area contributed by atoms with Gasteiger partial charge in [0.05, 0.1) is 14.0 Å². The van der Waals surface area contributed by atoms with Gasteiger partial charge in [-0.25, -0.2) is 0 Å². The number of alkyl halides is 2. The smallest absolute Gasteiger partial charge is 0.0712 e. The van der Waals surface area contributed by atoms with Crippen molar-refractivity contribution in [3.63, 3.8) is 0 Å². The Balaban J connectivity index is 2.96. The minimum Gasteiger partial charge on any atom is -0.0712 e. The Bertz CT molecular complexity index is 223. The zero-order valence-electron chi connectivity index (χ0n) is 5.14. The topological polar surface area (TPSA) is 0 Å². The van der Waals surface area contributed by atoms with Crippen LogP contribution in [0.2, 0.25) is 0 Å². The van der Waals surface area contributed by atoms with Crippen molar-refractivity contribution in [2.24, 2.45) is 0 Å². The molecule has 0 aromatic heterocycles. The summed E-state index contributed by atoms with van der Waals surface area (Å²) in [7, 11) is 3.44. The molecule has 0 spiro atoms. The van der Waals surface area contributed by atoms with E-state index in [1.165, 1.54) is 5.56 Å². The fraction of sp³-hybridized carbons (Fsp3) is 0.143. The Morgan fingerprint density at radius 1 is 1.30 bits per heavy atom. The van der Waals surface area contributed by atoms with Crippen LogP contribution >= 0.6 is 31.9 Å². The van der Waals surface area contributed by atoms with Gasteiger partial charge in [0.2, 0.25) is 0 Å². The van der Waals surface area contributed by atoms with E-state index in [4.69, 9.17) is 0 Å². The Morgan fingerprint density at radius 3 is 2.40 bits per heavy atom. The molecule has 0 nitrogen and oxygen atoms in total. The van der Waals surface area contributed by atoms with Crippen LogP contribution < -0.4 is 5.19 Å². The molecule has 1 aromatic carbocycles. The summed E-state index contributed by atoms with van der Waals surface area (Å²) in [6.45, 7) is 0. The second kappa shape index (κ2) is 3.69. The summed E-state index contributed by atoms with van der Waals surface area (Å²) in [5.41, 5.74) is 1.22. The van der Waals surface area contributed by atoms with Crippen LogP contribution in [0.25, 0.3) is 0 Å². The summed E-state index contributed by atoms with van der Waals surface area (Å²) in [5.74, 6) is 0. The van der Waals surface area contributed by atoms with Crippen LogP contribution in [0.5, 0.6) is 0 Å². The summed E-state index contributed by atoms with van der Waals surface area (Å²) in [6.07, 6.45) is 0. The minimum absolute atomic E-state index is 0.247. The molecule has 0 aliphatic rings. The van der Waals surface area contributed by atoms with Gasteiger partial charge in [0.1, 0.15) is 0 Å². The number of halogens is 2. The number of benzene rings is 1. The van der Waals surface area contributed by atoms with Crippen LogP contribution in [0.1, 0.15) is 9.30 Å². The molecule has 3 radical (unpaired) electrons. The molecule has 0 saturated carbocycles. The van der Waals surface area contributed by atoms with Gasteiger partial charge in [-0.2, -0.15) is 0 Å². The third-order valence-corrected chi connectivity index (χ3v) is 2.51. The van der Waals surface area contributed by atoms with Crippen molar-refractivity contribution >= 4 is 47.3 Å². The second-order valence-corrected chi connectivity index (χ2v) is 5.56. The largest absolute Gasteiger partial charge is 0.0946 e. The van der Waals surface area contributed by atoms with Crippen LogP contribution in [0.15, 0.2) is 24.3 Å². The van der Waals surface area contributed by atoms with E-state index in [1.54, 1.807) is 0 Å². The normalized spacial score (nSPS) is 10.4. The van der Waals surface area contributed by atoms with Crippen LogP contribution in [0, 0.1) is 0 Å². The Hall–Kier alpha value is 0.397. The van der Waals surface area contributed by atoms with Crippen molar-refractivity contribution in [3.05, 3.63) is 29.8 Å². The molecule has 0 heterocycles. The molecule has 0 amide bonds. The van der Waals surface area contributed by atoms with E-state index < -0.39 is 0 Å². The highest BCUT2D eigenvalue weighted by molar-refractivity contribution is 9.24. The first kappa shape index (κ1) is 8.49. The van der Waals surface area contributed by atoms with E-state index in [9.17, 15) is 0 Å². The van der Waals surface area contributed by atoms with Gasteiger partial charge in [0.25, 0.3) is 0 Å². The summed E-state index contributed by atoms with van der Waals surface area (Å²) < 4.78 is 0.247. The Labute approximate surface area is 80.7 Å². The van der Waals surface area contributed by atoms with E-state index >= 15 is 0 Å². The number of hydrogen-bond donors (Lipinski definition) is 0. The predicted octanol–water partition coefficient (Wildman–Crippen LogP) is 2.27. The maximum atomic E-state index is 3.44. The fourth-order valence-electron chi connectivity index (χ4n) is 0.674. The van der Waals surface area contributed by atoms with E-state index in [2.05, 4.69) is 54.2 Å². The first-order valence-corrected chi connectivity index (χ1v) is 5.13. The highest BCUT2D eigenvalue weighted by Gasteiger charge is 1.99. The zero-order valence-corrected chi connectivity index (χ0v) is 9.31. The fourth-order valence-corrected chi connectivity index (χ4v) is 1.51. The third kappa shape index (κ3) is 2.22. The van der Waals surface area contributed by atoms with E-state index in [1.807, 2.05) is 12.1 Å². The molecular weight excluding hydrogens is 272 g/mol. The predicted molar refractivity (Wildman–Crippen MR) is 52.4 cm³/mol. The maximum Gasteiger partial charge on any atom is 0.0946 e. The molecule has 0 aliphatic carbocycles. The first-order valence-electron chi connectivity index (χ1n) is 2.80. The van der Waals surface area contributed by atoms with E-state index in [-0.39, 0.29) is 3.74 Å². The average Bonchev–Trinajstić information content (AvgIpc) is 1.88. The van der Waals surface area contributed by atoms with Crippen molar-refractivity contribution < 1.29 is 0 Å². The lowest BCUT2D eigenvalue weighted by Crippen LogP contribution is -2.01. The van der Waals surface area contributed by atoms with Gasteiger partial charge in [0.15, 0.2) is 0 Å². The molecule has 0 fully saturated rings.